The molecule has 0 bridgehead atoms. The van der Waals surface area contributed by atoms with Gasteiger partial charge in [-0.3, -0.25) is 19.9 Å². The van der Waals surface area contributed by atoms with Crippen molar-refractivity contribution in [2.75, 3.05) is 0 Å². The quantitative estimate of drug-likeness (QED) is 0.518. The smallest absolute Gasteiger partial charge is 0.401 e. The molecular weight excluding hydrogens is 272 g/mol. The van der Waals surface area contributed by atoms with Crippen molar-refractivity contribution in [3.63, 3.8) is 0 Å². The van der Waals surface area contributed by atoms with Gasteiger partial charge < -0.3 is 4.42 Å². The predicted octanol–water partition coefficient (Wildman–Crippen LogP) is 1.51. The highest BCUT2D eigenvalue weighted by Crippen LogP contribution is 2.17. The van der Waals surface area contributed by atoms with Crippen LogP contribution in [0.15, 0.2) is 21.3 Å². The third kappa shape index (κ3) is 2.83. The van der Waals surface area contributed by atoms with Gasteiger partial charge in [0.05, 0.1) is 6.07 Å². The number of aromatic amines is 1. The van der Waals surface area contributed by atoms with E-state index >= 15 is 0 Å². The van der Waals surface area contributed by atoms with Crippen LogP contribution in [0.25, 0.3) is 12.2 Å². The first-order valence-corrected chi connectivity index (χ1v) is 5.48. The van der Waals surface area contributed by atoms with Crippen LogP contribution >= 0.6 is 12.2 Å². The second-order valence-electron chi connectivity index (χ2n) is 3.53. The lowest BCUT2D eigenvalue weighted by atomic mass is 10.3. The molecule has 2 aromatic rings. The SMILES string of the molecule is Cn1nc(/C=C/c2ccc([N+](=O)[O-])o2)c(=O)[nH]c1=S. The van der Waals surface area contributed by atoms with Crippen molar-refractivity contribution < 1.29 is 9.34 Å². The fourth-order valence-electron chi connectivity index (χ4n) is 1.29. The van der Waals surface area contributed by atoms with Crippen LogP contribution in [0.3, 0.4) is 0 Å². The maximum absolute atomic E-state index is 11.5. The summed E-state index contributed by atoms with van der Waals surface area (Å²) in [6.45, 7) is 0. The largest absolute Gasteiger partial charge is 0.433 e. The van der Waals surface area contributed by atoms with Crippen LogP contribution in [-0.4, -0.2) is 19.7 Å². The summed E-state index contributed by atoms with van der Waals surface area (Å²) >= 11 is 4.84. The minimum absolute atomic E-state index is 0.121. The highest BCUT2D eigenvalue weighted by molar-refractivity contribution is 7.71. The van der Waals surface area contributed by atoms with Gasteiger partial charge in [-0.15, -0.1) is 0 Å². The van der Waals surface area contributed by atoms with E-state index in [9.17, 15) is 14.9 Å². The molecule has 8 nitrogen and oxygen atoms in total. The Morgan fingerprint density at radius 1 is 1.53 bits per heavy atom. The molecule has 9 heteroatoms. The molecule has 0 unspecified atom stereocenters. The topological polar surface area (TPSA) is 107 Å². The highest BCUT2D eigenvalue weighted by atomic mass is 32.1. The van der Waals surface area contributed by atoms with Crippen molar-refractivity contribution in [3.8, 4) is 0 Å². The van der Waals surface area contributed by atoms with Crippen molar-refractivity contribution >= 4 is 30.3 Å². The summed E-state index contributed by atoms with van der Waals surface area (Å²) in [6, 6.07) is 2.65. The number of hydrogen-bond acceptors (Lipinski definition) is 6. The minimum atomic E-state index is -0.644. The fourth-order valence-corrected chi connectivity index (χ4v) is 1.43. The van der Waals surface area contributed by atoms with E-state index in [4.69, 9.17) is 16.6 Å². The number of nitrogens with one attached hydrogen (secondary N) is 1. The molecule has 0 atom stereocenters. The van der Waals surface area contributed by atoms with Gasteiger partial charge in [-0.1, -0.05) is 0 Å². The van der Waals surface area contributed by atoms with E-state index in [0.29, 0.717) is 0 Å². The van der Waals surface area contributed by atoms with Crippen LogP contribution < -0.4 is 5.56 Å². The van der Waals surface area contributed by atoms with Gasteiger partial charge in [-0.2, -0.15) is 5.10 Å². The van der Waals surface area contributed by atoms with Gasteiger partial charge in [0.1, 0.15) is 16.4 Å². The zero-order valence-corrected chi connectivity index (χ0v) is 10.5. The number of aryl methyl sites for hydroxylation is 1. The lowest BCUT2D eigenvalue weighted by Crippen LogP contribution is -2.17. The Morgan fingerprint density at radius 2 is 2.26 bits per heavy atom. The third-order valence-corrected chi connectivity index (χ3v) is 2.57. The van der Waals surface area contributed by atoms with E-state index in [0.717, 1.165) is 0 Å². The van der Waals surface area contributed by atoms with Crippen LogP contribution in [0.2, 0.25) is 0 Å². The molecule has 0 radical (unpaired) electrons. The Balaban J connectivity index is 2.32. The van der Waals surface area contributed by atoms with Crippen LogP contribution in [-0.2, 0) is 7.05 Å². The summed E-state index contributed by atoms with van der Waals surface area (Å²) in [6.07, 6.45) is 2.80. The van der Waals surface area contributed by atoms with Gasteiger partial charge in [-0.25, -0.2) is 4.68 Å². The standard InChI is InChI=1S/C10H8N4O4S/c1-13-10(19)11-9(15)7(12-13)4-2-6-3-5-8(18-6)14(16)17/h2-5H,1H3,(H,11,15,19)/b4-2+. The first-order chi connectivity index (χ1) is 8.97. The molecule has 0 aliphatic rings. The Morgan fingerprint density at radius 3 is 2.89 bits per heavy atom. The predicted molar refractivity (Wildman–Crippen MR) is 69.0 cm³/mol. The summed E-state index contributed by atoms with van der Waals surface area (Å²) in [5.41, 5.74) is -0.324. The second-order valence-corrected chi connectivity index (χ2v) is 3.92. The summed E-state index contributed by atoms with van der Waals surface area (Å²) in [7, 11) is 1.59. The number of aromatic nitrogens is 3. The number of furan rings is 1. The molecule has 98 valence electrons. The number of nitrogens with zero attached hydrogens (tertiary/aromatic N) is 3. The first-order valence-electron chi connectivity index (χ1n) is 5.07. The molecule has 0 amide bonds. The lowest BCUT2D eigenvalue weighted by Gasteiger charge is -1.97. The first kappa shape index (κ1) is 12.9. The van der Waals surface area contributed by atoms with E-state index in [1.54, 1.807) is 7.05 Å². The van der Waals surface area contributed by atoms with Crippen molar-refractivity contribution in [2.45, 2.75) is 0 Å². The molecule has 2 rings (SSSR count). The molecule has 19 heavy (non-hydrogen) atoms. The molecular formula is C10H8N4O4S. The van der Waals surface area contributed by atoms with Gasteiger partial charge in [0.2, 0.25) is 0 Å². The molecule has 0 saturated heterocycles. The van der Waals surface area contributed by atoms with Crippen LogP contribution in [0, 0.1) is 14.9 Å². The zero-order valence-electron chi connectivity index (χ0n) is 9.69. The summed E-state index contributed by atoms with van der Waals surface area (Å²) in [4.78, 5) is 23.8. The summed E-state index contributed by atoms with van der Waals surface area (Å²) < 4.78 is 6.45. The lowest BCUT2D eigenvalue weighted by molar-refractivity contribution is -0.402. The number of H-pyrrole nitrogens is 1. The van der Waals surface area contributed by atoms with Gasteiger partial charge in [0.25, 0.3) is 5.56 Å². The number of nitro groups is 1. The molecule has 0 spiro atoms. The zero-order chi connectivity index (χ0) is 14.0. The van der Waals surface area contributed by atoms with Crippen LogP contribution in [0.1, 0.15) is 11.5 Å². The molecule has 1 N–H and O–H groups in total. The molecule has 0 aromatic carbocycles. The van der Waals surface area contributed by atoms with Gasteiger partial charge in [0, 0.05) is 7.05 Å². The fraction of sp³-hybridized carbons (Fsp3) is 0.100. The molecule has 0 saturated carbocycles. The Hall–Kier alpha value is -2.55. The van der Waals surface area contributed by atoms with Gasteiger partial charge in [0.15, 0.2) is 4.77 Å². The third-order valence-electron chi connectivity index (χ3n) is 2.20. The molecule has 2 aromatic heterocycles. The normalized spacial score (nSPS) is 11.0. The van der Waals surface area contributed by atoms with Crippen molar-refractivity contribution in [1.29, 1.82) is 0 Å². The van der Waals surface area contributed by atoms with Crippen LogP contribution in [0.4, 0.5) is 5.88 Å². The Kier molecular flexibility index (Phi) is 3.38. The Bertz CT molecular complexity index is 770. The van der Waals surface area contributed by atoms with Crippen molar-refractivity contribution in [2.24, 2.45) is 7.05 Å². The highest BCUT2D eigenvalue weighted by Gasteiger charge is 2.10. The van der Waals surface area contributed by atoms with E-state index in [-0.39, 0.29) is 22.1 Å². The van der Waals surface area contributed by atoms with E-state index in [1.807, 2.05) is 0 Å². The monoisotopic (exact) mass is 280 g/mol. The minimum Gasteiger partial charge on any atom is -0.401 e. The van der Waals surface area contributed by atoms with Crippen molar-refractivity contribution in [3.05, 3.63) is 48.8 Å². The van der Waals surface area contributed by atoms with E-state index in [1.165, 1.54) is 29.0 Å². The summed E-state index contributed by atoms with van der Waals surface area (Å²) in [5, 5.41) is 14.4. The van der Waals surface area contributed by atoms with Crippen LogP contribution in [0.5, 0.6) is 0 Å². The molecule has 0 aliphatic carbocycles. The second kappa shape index (κ2) is 4.98. The maximum atomic E-state index is 11.5. The summed E-state index contributed by atoms with van der Waals surface area (Å²) in [5.74, 6) is -0.119. The Labute approximate surface area is 111 Å². The number of rotatable bonds is 3. The number of hydrogen-bond donors (Lipinski definition) is 1. The van der Waals surface area contributed by atoms with Gasteiger partial charge in [-0.05, 0) is 30.4 Å². The van der Waals surface area contributed by atoms with Gasteiger partial charge >= 0.3 is 5.88 Å². The average Bonchev–Trinajstić information content (AvgIpc) is 2.81. The maximum Gasteiger partial charge on any atom is 0.433 e. The van der Waals surface area contributed by atoms with E-state index in [2.05, 4.69) is 10.1 Å². The average molecular weight is 280 g/mol. The van der Waals surface area contributed by atoms with Crippen molar-refractivity contribution in [1.82, 2.24) is 14.8 Å². The van der Waals surface area contributed by atoms with E-state index < -0.39 is 10.5 Å². The molecule has 0 aliphatic heterocycles. The molecule has 2 heterocycles. The molecule has 0 fully saturated rings.